The van der Waals surface area contributed by atoms with Crippen molar-refractivity contribution >= 4 is 34.4 Å². The summed E-state index contributed by atoms with van der Waals surface area (Å²) in [6.45, 7) is 9.63. The summed E-state index contributed by atoms with van der Waals surface area (Å²) < 4.78 is 0. The average Bonchev–Trinajstić information content (AvgIpc) is 2.32. The zero-order valence-electron chi connectivity index (χ0n) is 6.42. The molecule has 0 fully saturated rings. The second kappa shape index (κ2) is 3.28. The van der Waals surface area contributed by atoms with Gasteiger partial charge in [-0.25, -0.2) is 0 Å². The van der Waals surface area contributed by atoms with Crippen LogP contribution in [0.15, 0.2) is 24.6 Å². The molecule has 0 aliphatic rings. The number of hydrogen-bond acceptors (Lipinski definition) is 2. The first-order valence-corrected chi connectivity index (χ1v) is 4.57. The molecule has 0 amide bonds. The van der Waals surface area contributed by atoms with Gasteiger partial charge in [-0.05, 0) is 29.5 Å². The molecule has 0 saturated heterocycles. The van der Waals surface area contributed by atoms with Crippen molar-refractivity contribution < 1.29 is 0 Å². The Kier molecular flexibility index (Phi) is 2.58. The molecule has 11 heavy (non-hydrogen) atoms. The molecule has 0 bridgehead atoms. The Bertz CT molecular complexity index is 266. The minimum atomic E-state index is 0.818. The molecule has 1 heterocycles. The van der Waals surface area contributed by atoms with E-state index in [1.54, 1.807) is 11.3 Å². The van der Waals surface area contributed by atoms with Gasteiger partial charge in [0.2, 0.25) is 0 Å². The van der Waals surface area contributed by atoms with Crippen LogP contribution in [0.2, 0.25) is 0 Å². The van der Waals surface area contributed by atoms with Crippen molar-refractivity contribution in [1.29, 1.82) is 0 Å². The highest BCUT2D eigenvalue weighted by atomic mass is 32.1. The fourth-order valence-corrected chi connectivity index (χ4v) is 1.99. The van der Waals surface area contributed by atoms with Crippen molar-refractivity contribution in [3.05, 3.63) is 35.0 Å². The zero-order valence-corrected chi connectivity index (χ0v) is 8.14. The van der Waals surface area contributed by atoms with Gasteiger partial charge in [0.05, 0.1) is 0 Å². The molecule has 0 nitrogen and oxygen atoms in total. The van der Waals surface area contributed by atoms with Crippen LogP contribution in [0.1, 0.15) is 17.4 Å². The molecule has 1 aromatic rings. The quantitative estimate of drug-likeness (QED) is 0.663. The third-order valence-electron chi connectivity index (χ3n) is 1.39. The van der Waals surface area contributed by atoms with Crippen LogP contribution < -0.4 is 0 Å². The van der Waals surface area contributed by atoms with E-state index in [0.29, 0.717) is 0 Å². The van der Waals surface area contributed by atoms with Crippen LogP contribution in [0.3, 0.4) is 0 Å². The first kappa shape index (κ1) is 8.62. The molecule has 0 spiro atoms. The van der Waals surface area contributed by atoms with Crippen LogP contribution in [0.25, 0.3) is 10.5 Å². The summed E-state index contributed by atoms with van der Waals surface area (Å²) in [4.78, 5) is 1.94. The molecule has 58 valence electrons. The van der Waals surface area contributed by atoms with E-state index in [4.69, 9.17) is 0 Å². The molecule has 0 unspecified atom stereocenters. The second-order valence-corrected chi connectivity index (χ2v) is 3.85. The lowest BCUT2D eigenvalue weighted by atomic mass is 10.1. The van der Waals surface area contributed by atoms with Crippen molar-refractivity contribution in [1.82, 2.24) is 0 Å². The lowest BCUT2D eigenvalue weighted by Crippen LogP contribution is -1.77. The lowest BCUT2D eigenvalue weighted by molar-refractivity contribution is 1.66. The van der Waals surface area contributed by atoms with E-state index in [1.807, 2.05) is 18.4 Å². The predicted octanol–water partition coefficient (Wildman–Crippen LogP) is 3.68. The molecule has 1 rings (SSSR count). The number of hydrogen-bond donors (Lipinski definition) is 1. The number of rotatable bonds is 2. The molecule has 0 saturated carbocycles. The molecular formula is C9H10S2. The van der Waals surface area contributed by atoms with Gasteiger partial charge in [0, 0.05) is 9.78 Å². The highest BCUT2D eigenvalue weighted by Gasteiger charge is 2.04. The topological polar surface area (TPSA) is 0 Å². The molecule has 0 radical (unpaired) electrons. The summed E-state index contributed by atoms with van der Waals surface area (Å²) >= 11 is 5.84. The van der Waals surface area contributed by atoms with E-state index in [0.717, 1.165) is 20.9 Å². The normalized spacial score (nSPS) is 9.64. The molecule has 2 heteroatoms. The minimum absolute atomic E-state index is 0.818. The van der Waals surface area contributed by atoms with E-state index in [-0.39, 0.29) is 0 Å². The number of thiophene rings is 1. The Hall–Kier alpha value is -0.470. The molecule has 0 atom stereocenters. The van der Waals surface area contributed by atoms with Gasteiger partial charge in [-0.1, -0.05) is 13.2 Å². The van der Waals surface area contributed by atoms with Gasteiger partial charge in [-0.2, -0.15) is 0 Å². The van der Waals surface area contributed by atoms with Gasteiger partial charge in [0.1, 0.15) is 0 Å². The Labute approximate surface area is 76.7 Å². The van der Waals surface area contributed by atoms with Crippen LogP contribution >= 0.6 is 24.0 Å². The smallest absolute Gasteiger partial charge is 0.0472 e. The van der Waals surface area contributed by atoms with Gasteiger partial charge >= 0.3 is 0 Å². The maximum Gasteiger partial charge on any atom is 0.0472 e. The van der Waals surface area contributed by atoms with E-state index in [9.17, 15) is 0 Å². The Morgan fingerprint density at radius 1 is 1.55 bits per heavy atom. The van der Waals surface area contributed by atoms with Crippen LogP contribution in [-0.2, 0) is 0 Å². The van der Waals surface area contributed by atoms with Crippen molar-refractivity contribution in [2.24, 2.45) is 0 Å². The van der Waals surface area contributed by atoms with Gasteiger partial charge in [-0.3, -0.25) is 0 Å². The van der Waals surface area contributed by atoms with Crippen LogP contribution in [0, 0.1) is 0 Å². The molecule has 1 aromatic heterocycles. The lowest BCUT2D eigenvalue weighted by Gasteiger charge is -1.99. The number of allylic oxidation sites excluding steroid dienone is 1. The van der Waals surface area contributed by atoms with E-state index < -0.39 is 0 Å². The Morgan fingerprint density at radius 2 is 2.18 bits per heavy atom. The van der Waals surface area contributed by atoms with Gasteiger partial charge in [0.15, 0.2) is 0 Å². The van der Waals surface area contributed by atoms with Crippen molar-refractivity contribution in [2.75, 3.05) is 0 Å². The maximum atomic E-state index is 4.19. The molecular weight excluding hydrogens is 172 g/mol. The summed E-state index contributed by atoms with van der Waals surface area (Å²) in [5.41, 5.74) is 2.23. The van der Waals surface area contributed by atoms with E-state index in [1.165, 1.54) is 0 Å². The fraction of sp³-hybridized carbons (Fsp3) is 0.111. The third-order valence-corrected chi connectivity index (χ3v) is 2.74. The van der Waals surface area contributed by atoms with Gasteiger partial charge in [-0.15, -0.1) is 24.0 Å². The molecule has 0 N–H and O–H groups in total. The highest BCUT2D eigenvalue weighted by molar-refractivity contribution is 7.90. The van der Waals surface area contributed by atoms with Crippen LogP contribution in [0.4, 0.5) is 0 Å². The summed E-state index contributed by atoms with van der Waals surface area (Å²) in [6, 6.07) is 2.05. The molecule has 0 aliphatic heterocycles. The largest absolute Gasteiger partial charge is 0.143 e. The van der Waals surface area contributed by atoms with Gasteiger partial charge in [0.25, 0.3) is 0 Å². The first-order chi connectivity index (χ1) is 5.13. The molecule has 0 aromatic carbocycles. The van der Waals surface area contributed by atoms with E-state index >= 15 is 0 Å². The predicted molar refractivity (Wildman–Crippen MR) is 57.0 cm³/mol. The van der Waals surface area contributed by atoms with Gasteiger partial charge < -0.3 is 0 Å². The van der Waals surface area contributed by atoms with E-state index in [2.05, 4.69) is 25.8 Å². The monoisotopic (exact) mass is 182 g/mol. The average molecular weight is 182 g/mol. The van der Waals surface area contributed by atoms with Crippen molar-refractivity contribution in [2.45, 2.75) is 6.92 Å². The molecule has 0 aliphatic carbocycles. The standard InChI is InChI=1S/C9H10S2/c1-6(2)8-4-5-11-9(8)7(3)10/h4-5,10H,1,3H2,2H3. The maximum absolute atomic E-state index is 4.19. The summed E-state index contributed by atoms with van der Waals surface area (Å²) in [5, 5.41) is 2.03. The number of thiol groups is 1. The zero-order chi connectivity index (χ0) is 8.43. The SMILES string of the molecule is C=C(C)c1ccsc1C(=C)S. The van der Waals surface area contributed by atoms with Crippen LogP contribution in [0.5, 0.6) is 0 Å². The Balaban J connectivity index is 3.16. The van der Waals surface area contributed by atoms with Crippen LogP contribution in [-0.4, -0.2) is 0 Å². The summed E-state index contributed by atoms with van der Waals surface area (Å²) in [6.07, 6.45) is 0. The van der Waals surface area contributed by atoms with Crippen molar-refractivity contribution in [3.8, 4) is 0 Å². The first-order valence-electron chi connectivity index (χ1n) is 3.24. The highest BCUT2D eigenvalue weighted by Crippen LogP contribution is 2.30. The Morgan fingerprint density at radius 3 is 2.55 bits per heavy atom. The minimum Gasteiger partial charge on any atom is -0.143 e. The third kappa shape index (κ3) is 1.76. The summed E-state index contributed by atoms with van der Waals surface area (Å²) in [7, 11) is 0. The van der Waals surface area contributed by atoms with Crippen molar-refractivity contribution in [3.63, 3.8) is 0 Å². The fourth-order valence-electron chi connectivity index (χ4n) is 0.869. The summed E-state index contributed by atoms with van der Waals surface area (Å²) in [5.74, 6) is 0. The second-order valence-electron chi connectivity index (χ2n) is 2.39.